The van der Waals surface area contributed by atoms with Crippen LogP contribution < -0.4 is 11.1 Å². The lowest BCUT2D eigenvalue weighted by molar-refractivity contribution is -0.0434. The Morgan fingerprint density at radius 3 is 2.85 bits per heavy atom. The van der Waals surface area contributed by atoms with Gasteiger partial charge in [0, 0.05) is 19.2 Å². The summed E-state index contributed by atoms with van der Waals surface area (Å²) in [6.45, 7) is 3.27. The summed E-state index contributed by atoms with van der Waals surface area (Å²) in [4.78, 5) is 11.7. The minimum Gasteiger partial charge on any atom is -0.391 e. The van der Waals surface area contributed by atoms with Gasteiger partial charge in [-0.3, -0.25) is 4.79 Å². The first-order valence-electron chi connectivity index (χ1n) is 10.0. The number of hydrogen-bond acceptors (Lipinski definition) is 4. The molecule has 1 saturated heterocycles. The Balaban J connectivity index is 1.87. The first kappa shape index (κ1) is 20.3. The second-order valence-electron chi connectivity index (χ2n) is 7.81. The topological polar surface area (TPSA) is 64.3 Å². The predicted octanol–water partition coefficient (Wildman–Crippen LogP) is 4.06. The number of hydrogen-bond donors (Lipinski definition) is 2. The maximum Gasteiger partial charge on any atom is 0.248 e. The third kappa shape index (κ3) is 4.35. The van der Waals surface area contributed by atoms with Crippen molar-refractivity contribution >= 4 is 17.7 Å². The second-order valence-corrected chi connectivity index (χ2v) is 9.04. The van der Waals surface area contributed by atoms with Gasteiger partial charge in [0.05, 0.1) is 0 Å². The molecule has 1 amide bonds. The van der Waals surface area contributed by atoms with E-state index in [1.54, 1.807) is 13.2 Å². The van der Waals surface area contributed by atoms with E-state index >= 15 is 0 Å². The van der Waals surface area contributed by atoms with Gasteiger partial charge in [-0.2, -0.15) is 11.8 Å². The molecule has 1 aromatic carbocycles. The molecule has 1 aliphatic carbocycles. The fourth-order valence-corrected chi connectivity index (χ4v) is 5.81. The van der Waals surface area contributed by atoms with E-state index < -0.39 is 11.5 Å². The molecule has 2 unspecified atom stereocenters. The van der Waals surface area contributed by atoms with Crippen LogP contribution in [-0.2, 0) is 10.3 Å². The number of nitrogens with one attached hydrogen (secondary N) is 1. The van der Waals surface area contributed by atoms with Crippen molar-refractivity contribution in [3.8, 4) is 0 Å². The molecule has 3 N–H and O–H groups in total. The van der Waals surface area contributed by atoms with Gasteiger partial charge in [-0.05, 0) is 84.9 Å². The average molecular weight is 389 g/mol. The molecule has 1 heterocycles. The van der Waals surface area contributed by atoms with Gasteiger partial charge in [-0.1, -0.05) is 19.1 Å². The lowest BCUT2D eigenvalue weighted by Gasteiger charge is -2.44. The van der Waals surface area contributed by atoms with Crippen molar-refractivity contribution in [2.45, 2.75) is 44.6 Å². The van der Waals surface area contributed by atoms with Crippen LogP contribution in [0.4, 0.5) is 0 Å². The average Bonchev–Trinajstić information content (AvgIpc) is 2.69. The molecule has 0 spiro atoms. The van der Waals surface area contributed by atoms with Crippen molar-refractivity contribution in [3.05, 3.63) is 47.2 Å². The molecule has 27 heavy (non-hydrogen) atoms. The summed E-state index contributed by atoms with van der Waals surface area (Å²) in [7, 11) is 1.78. The summed E-state index contributed by atoms with van der Waals surface area (Å²) in [5, 5.41) is 3.60. The Morgan fingerprint density at radius 1 is 1.37 bits per heavy atom. The lowest BCUT2D eigenvalue weighted by atomic mass is 9.69. The lowest BCUT2D eigenvalue weighted by Crippen LogP contribution is -2.41. The number of carbonyl (C=O) groups excluding carboxylic acids is 1. The summed E-state index contributed by atoms with van der Waals surface area (Å²) in [5.41, 5.74) is 7.85. The molecule has 2 fully saturated rings. The molecule has 4 nitrogen and oxygen atoms in total. The number of amides is 1. The van der Waals surface area contributed by atoms with Crippen molar-refractivity contribution in [2.75, 3.05) is 25.2 Å². The van der Waals surface area contributed by atoms with Crippen molar-refractivity contribution in [1.82, 2.24) is 5.32 Å². The summed E-state index contributed by atoms with van der Waals surface area (Å²) < 4.78 is 6.20. The third-order valence-corrected chi connectivity index (χ3v) is 7.22. The highest BCUT2D eigenvalue weighted by molar-refractivity contribution is 7.99. The molecule has 0 aromatic heterocycles. The Bertz CT molecular complexity index is 685. The standard InChI is InChI=1S/C22H32N2O2S/c1-16-5-3-8-20(15-24-14-17-9-11-27-12-10-17)22(16,26-2)19-7-4-6-18(13-19)21(23)25/h4,6-7,13,15-17,24H,3,5,8-12,14H2,1-2H3,(H2,23,25)/b20-15+. The molecule has 3 rings (SSSR count). The molecule has 2 atom stereocenters. The zero-order valence-corrected chi connectivity index (χ0v) is 17.3. The number of thioether (sulfide) groups is 1. The van der Waals surface area contributed by atoms with Gasteiger partial charge in [0.15, 0.2) is 0 Å². The molecule has 148 valence electrons. The first-order valence-corrected chi connectivity index (χ1v) is 11.2. The Morgan fingerprint density at radius 2 is 2.15 bits per heavy atom. The minimum atomic E-state index is -0.501. The van der Waals surface area contributed by atoms with Crippen molar-refractivity contribution < 1.29 is 9.53 Å². The summed E-state index contributed by atoms with van der Waals surface area (Å²) in [5.74, 6) is 3.26. The second kappa shape index (κ2) is 9.16. The van der Waals surface area contributed by atoms with Gasteiger partial charge >= 0.3 is 0 Å². The Hall–Kier alpha value is -1.46. The number of methoxy groups -OCH3 is 1. The Kier molecular flexibility index (Phi) is 6.88. The van der Waals surface area contributed by atoms with E-state index in [0.29, 0.717) is 11.5 Å². The number of benzene rings is 1. The van der Waals surface area contributed by atoms with Crippen LogP contribution in [0.5, 0.6) is 0 Å². The van der Waals surface area contributed by atoms with E-state index in [0.717, 1.165) is 37.3 Å². The molecule has 0 bridgehead atoms. The van der Waals surface area contributed by atoms with Crippen molar-refractivity contribution in [3.63, 3.8) is 0 Å². The molecular formula is C22H32N2O2S. The minimum absolute atomic E-state index is 0.332. The highest BCUT2D eigenvalue weighted by Crippen LogP contribution is 2.47. The predicted molar refractivity (Wildman–Crippen MR) is 113 cm³/mol. The van der Waals surface area contributed by atoms with E-state index in [2.05, 4.69) is 36.3 Å². The van der Waals surface area contributed by atoms with Gasteiger partial charge in [0.25, 0.3) is 0 Å². The van der Waals surface area contributed by atoms with E-state index in [9.17, 15) is 4.79 Å². The number of carbonyl (C=O) groups is 1. The van der Waals surface area contributed by atoms with E-state index in [1.165, 1.54) is 29.9 Å². The van der Waals surface area contributed by atoms with E-state index in [4.69, 9.17) is 10.5 Å². The highest BCUT2D eigenvalue weighted by Gasteiger charge is 2.44. The maximum absolute atomic E-state index is 11.7. The van der Waals surface area contributed by atoms with Crippen molar-refractivity contribution in [1.29, 1.82) is 0 Å². The fraction of sp³-hybridized carbons (Fsp3) is 0.591. The van der Waals surface area contributed by atoms with Gasteiger partial charge < -0.3 is 15.8 Å². The normalized spacial score (nSPS) is 28.2. The fourth-order valence-electron chi connectivity index (χ4n) is 4.61. The van der Waals surface area contributed by atoms with E-state index in [-0.39, 0.29) is 0 Å². The van der Waals surface area contributed by atoms with Crippen LogP contribution in [0.25, 0.3) is 0 Å². The summed E-state index contributed by atoms with van der Waals surface area (Å²) in [6.07, 6.45) is 8.06. The maximum atomic E-state index is 11.7. The van der Waals surface area contributed by atoms with Crippen LogP contribution in [-0.4, -0.2) is 31.1 Å². The third-order valence-electron chi connectivity index (χ3n) is 6.18. The number of rotatable bonds is 6. The van der Waals surface area contributed by atoms with Crippen LogP contribution >= 0.6 is 11.8 Å². The molecular weight excluding hydrogens is 356 g/mol. The van der Waals surface area contributed by atoms with Gasteiger partial charge in [-0.25, -0.2) is 0 Å². The summed E-state index contributed by atoms with van der Waals surface area (Å²) >= 11 is 2.06. The van der Waals surface area contributed by atoms with Gasteiger partial charge in [0.2, 0.25) is 5.91 Å². The zero-order valence-electron chi connectivity index (χ0n) is 16.5. The number of nitrogens with two attached hydrogens (primary N) is 1. The van der Waals surface area contributed by atoms with Crippen LogP contribution in [0.1, 0.15) is 54.9 Å². The van der Waals surface area contributed by atoms with Gasteiger partial charge in [-0.15, -0.1) is 0 Å². The van der Waals surface area contributed by atoms with E-state index in [1.807, 2.05) is 12.1 Å². The number of primary amides is 1. The van der Waals surface area contributed by atoms with Gasteiger partial charge in [0.1, 0.15) is 5.60 Å². The largest absolute Gasteiger partial charge is 0.391 e. The van der Waals surface area contributed by atoms with Crippen LogP contribution in [0.3, 0.4) is 0 Å². The molecule has 1 aliphatic heterocycles. The SMILES string of the molecule is COC1(c2cccc(C(N)=O)c2)/C(=C/NCC2CCSCC2)CCCC1C. The Labute approximate surface area is 167 Å². The smallest absolute Gasteiger partial charge is 0.248 e. The summed E-state index contributed by atoms with van der Waals surface area (Å²) in [6, 6.07) is 7.64. The van der Waals surface area contributed by atoms with Crippen molar-refractivity contribution in [2.24, 2.45) is 17.6 Å². The highest BCUT2D eigenvalue weighted by atomic mass is 32.2. The molecule has 5 heteroatoms. The monoisotopic (exact) mass is 388 g/mol. The molecule has 1 aromatic rings. The first-order chi connectivity index (χ1) is 13.1. The number of ether oxygens (including phenoxy) is 1. The van der Waals surface area contributed by atoms with Crippen LogP contribution in [0.2, 0.25) is 0 Å². The van der Waals surface area contributed by atoms with Crippen LogP contribution in [0, 0.1) is 11.8 Å². The molecule has 2 aliphatic rings. The zero-order chi connectivity index (χ0) is 19.3. The molecule has 0 radical (unpaired) electrons. The molecule has 1 saturated carbocycles. The quantitative estimate of drug-likeness (QED) is 0.771. The van der Waals surface area contributed by atoms with Crippen LogP contribution in [0.15, 0.2) is 36.0 Å².